The first kappa shape index (κ1) is 12.8. The fraction of sp³-hybridized carbons (Fsp3) is 0.455. The Balaban J connectivity index is 2.24. The van der Waals surface area contributed by atoms with Crippen LogP contribution in [0.5, 0.6) is 0 Å². The Morgan fingerprint density at radius 3 is 3.06 bits per heavy atom. The monoisotopic (exact) mass is 266 g/mol. The zero-order chi connectivity index (χ0) is 13.1. The van der Waals surface area contributed by atoms with Gasteiger partial charge in [-0.2, -0.15) is 5.10 Å². The lowest BCUT2D eigenvalue weighted by atomic mass is 10.4. The molecule has 0 saturated carbocycles. The molecule has 0 fully saturated rings. The van der Waals surface area contributed by atoms with Gasteiger partial charge in [0.25, 0.3) is 0 Å². The van der Waals surface area contributed by atoms with Gasteiger partial charge in [0.15, 0.2) is 5.65 Å². The topological polar surface area (TPSA) is 69.9 Å². The van der Waals surface area contributed by atoms with Crippen molar-refractivity contribution in [1.29, 1.82) is 0 Å². The maximum Gasteiger partial charge on any atom is 0.319 e. The smallest absolute Gasteiger partial charge is 0.319 e. The maximum absolute atomic E-state index is 11.6. The highest BCUT2D eigenvalue weighted by molar-refractivity contribution is 8.00. The number of esters is 1. The summed E-state index contributed by atoms with van der Waals surface area (Å²) in [5, 5.41) is 5.42. The van der Waals surface area contributed by atoms with Crippen LogP contribution >= 0.6 is 11.8 Å². The lowest BCUT2D eigenvalue weighted by Crippen LogP contribution is -2.16. The van der Waals surface area contributed by atoms with E-state index in [2.05, 4.69) is 15.1 Å². The highest BCUT2D eigenvalue weighted by Gasteiger charge is 2.18. The minimum Gasteiger partial charge on any atom is -0.465 e. The number of carbonyl (C=O) groups is 1. The molecule has 2 aromatic heterocycles. The number of thioether (sulfide) groups is 1. The average Bonchev–Trinajstić information content (AvgIpc) is 2.73. The first-order valence-electron chi connectivity index (χ1n) is 5.59. The zero-order valence-corrected chi connectivity index (χ0v) is 11.3. The SMILES string of the molecule is CCOC(=O)C(C)Sc1ncnc2c1cnn2C. The van der Waals surface area contributed by atoms with Crippen LogP contribution in [0.15, 0.2) is 17.6 Å². The lowest BCUT2D eigenvalue weighted by Gasteiger charge is -2.09. The van der Waals surface area contributed by atoms with E-state index in [0.717, 1.165) is 16.1 Å². The van der Waals surface area contributed by atoms with Crippen LogP contribution in [0.1, 0.15) is 13.8 Å². The number of nitrogens with zero attached hydrogens (tertiary/aromatic N) is 4. The van der Waals surface area contributed by atoms with Gasteiger partial charge in [-0.05, 0) is 13.8 Å². The van der Waals surface area contributed by atoms with Crippen molar-refractivity contribution in [3.63, 3.8) is 0 Å². The third-order valence-electron chi connectivity index (χ3n) is 2.40. The van der Waals surface area contributed by atoms with Crippen molar-refractivity contribution in [3.8, 4) is 0 Å². The van der Waals surface area contributed by atoms with Gasteiger partial charge >= 0.3 is 5.97 Å². The van der Waals surface area contributed by atoms with E-state index in [1.165, 1.54) is 18.1 Å². The van der Waals surface area contributed by atoms with E-state index >= 15 is 0 Å². The van der Waals surface area contributed by atoms with E-state index in [4.69, 9.17) is 4.74 Å². The predicted molar refractivity (Wildman–Crippen MR) is 68.3 cm³/mol. The van der Waals surface area contributed by atoms with Gasteiger partial charge in [-0.1, -0.05) is 11.8 Å². The summed E-state index contributed by atoms with van der Waals surface area (Å²) < 4.78 is 6.65. The van der Waals surface area contributed by atoms with Crippen molar-refractivity contribution in [3.05, 3.63) is 12.5 Å². The molecule has 0 amide bonds. The van der Waals surface area contributed by atoms with Crippen molar-refractivity contribution in [2.45, 2.75) is 24.1 Å². The van der Waals surface area contributed by atoms with Gasteiger partial charge in [0.2, 0.25) is 0 Å². The standard InChI is InChI=1S/C11H14N4O2S/c1-4-17-11(16)7(2)18-10-8-5-14-15(3)9(8)12-6-13-10/h5-7H,4H2,1-3H3. The molecular weight excluding hydrogens is 252 g/mol. The largest absolute Gasteiger partial charge is 0.465 e. The van der Waals surface area contributed by atoms with Crippen molar-refractivity contribution in [2.24, 2.45) is 7.05 Å². The summed E-state index contributed by atoms with van der Waals surface area (Å²) in [6.45, 7) is 3.97. The number of fused-ring (bicyclic) bond motifs is 1. The minimum atomic E-state index is -0.303. The van der Waals surface area contributed by atoms with E-state index in [1.807, 2.05) is 7.05 Å². The molecule has 1 unspecified atom stereocenters. The Morgan fingerprint density at radius 2 is 2.33 bits per heavy atom. The van der Waals surface area contributed by atoms with Crippen LogP contribution in [0.4, 0.5) is 0 Å². The second kappa shape index (κ2) is 5.34. The van der Waals surface area contributed by atoms with Gasteiger partial charge in [-0.15, -0.1) is 0 Å². The Hall–Kier alpha value is -1.63. The third kappa shape index (κ3) is 2.45. The molecular formula is C11H14N4O2S. The molecule has 18 heavy (non-hydrogen) atoms. The summed E-state index contributed by atoms with van der Waals surface area (Å²) in [4.78, 5) is 19.9. The second-order valence-electron chi connectivity index (χ2n) is 3.70. The first-order chi connectivity index (χ1) is 8.63. The molecule has 0 bridgehead atoms. The Bertz CT molecular complexity index is 569. The summed E-state index contributed by atoms with van der Waals surface area (Å²) in [6.07, 6.45) is 3.18. The third-order valence-corrected chi connectivity index (χ3v) is 3.49. The normalized spacial score (nSPS) is 12.6. The van der Waals surface area contributed by atoms with Crippen LogP contribution in [0, 0.1) is 0 Å². The van der Waals surface area contributed by atoms with Crippen molar-refractivity contribution < 1.29 is 9.53 Å². The van der Waals surface area contributed by atoms with Crippen LogP contribution in [0.25, 0.3) is 11.0 Å². The van der Waals surface area contributed by atoms with E-state index in [-0.39, 0.29) is 11.2 Å². The Morgan fingerprint density at radius 1 is 1.56 bits per heavy atom. The fourth-order valence-electron chi connectivity index (χ4n) is 1.51. The number of ether oxygens (including phenoxy) is 1. The summed E-state index contributed by atoms with van der Waals surface area (Å²) >= 11 is 1.36. The summed E-state index contributed by atoms with van der Waals surface area (Å²) in [5.41, 5.74) is 0.753. The first-order valence-corrected chi connectivity index (χ1v) is 6.47. The molecule has 0 N–H and O–H groups in total. The van der Waals surface area contributed by atoms with E-state index < -0.39 is 0 Å². The molecule has 96 valence electrons. The van der Waals surface area contributed by atoms with E-state index in [1.54, 1.807) is 24.7 Å². The molecule has 2 heterocycles. The molecule has 0 aromatic carbocycles. The van der Waals surface area contributed by atoms with Gasteiger partial charge in [0.05, 0.1) is 18.2 Å². The van der Waals surface area contributed by atoms with Gasteiger partial charge in [-0.25, -0.2) is 9.97 Å². The number of hydrogen-bond acceptors (Lipinski definition) is 6. The Kier molecular flexibility index (Phi) is 3.81. The zero-order valence-electron chi connectivity index (χ0n) is 10.5. The maximum atomic E-state index is 11.6. The van der Waals surface area contributed by atoms with Crippen molar-refractivity contribution in [2.75, 3.05) is 6.61 Å². The average molecular weight is 266 g/mol. The second-order valence-corrected chi connectivity index (χ2v) is 5.03. The Labute approximate surface area is 109 Å². The molecule has 0 saturated heterocycles. The molecule has 2 rings (SSSR count). The molecule has 2 aromatic rings. The van der Waals surface area contributed by atoms with Gasteiger partial charge in [0.1, 0.15) is 16.6 Å². The molecule has 0 spiro atoms. The summed E-state index contributed by atoms with van der Waals surface area (Å²) in [6, 6.07) is 0. The summed E-state index contributed by atoms with van der Waals surface area (Å²) in [5.74, 6) is -0.238. The fourth-order valence-corrected chi connectivity index (χ4v) is 2.39. The molecule has 0 aliphatic carbocycles. The quantitative estimate of drug-likeness (QED) is 0.473. The van der Waals surface area contributed by atoms with Crippen LogP contribution in [-0.2, 0) is 16.6 Å². The van der Waals surface area contributed by atoms with Crippen LogP contribution in [0.2, 0.25) is 0 Å². The van der Waals surface area contributed by atoms with Crippen LogP contribution < -0.4 is 0 Å². The van der Waals surface area contributed by atoms with E-state index in [9.17, 15) is 4.79 Å². The predicted octanol–water partition coefficient (Wildman–Crippen LogP) is 1.41. The number of hydrogen-bond donors (Lipinski definition) is 0. The molecule has 7 heteroatoms. The van der Waals surface area contributed by atoms with Gasteiger partial charge in [-0.3, -0.25) is 9.48 Å². The number of carbonyl (C=O) groups excluding carboxylic acids is 1. The number of aromatic nitrogens is 4. The number of rotatable bonds is 4. The van der Waals surface area contributed by atoms with Gasteiger partial charge < -0.3 is 4.74 Å². The van der Waals surface area contributed by atoms with Crippen molar-refractivity contribution in [1.82, 2.24) is 19.7 Å². The molecule has 0 radical (unpaired) electrons. The highest BCUT2D eigenvalue weighted by Crippen LogP contribution is 2.27. The molecule has 1 atom stereocenters. The molecule has 0 aliphatic rings. The highest BCUT2D eigenvalue weighted by atomic mass is 32.2. The molecule has 6 nitrogen and oxygen atoms in total. The van der Waals surface area contributed by atoms with Crippen LogP contribution in [0.3, 0.4) is 0 Å². The minimum absolute atomic E-state index is 0.238. The van der Waals surface area contributed by atoms with E-state index in [0.29, 0.717) is 6.61 Å². The number of aryl methyl sites for hydroxylation is 1. The van der Waals surface area contributed by atoms with Crippen molar-refractivity contribution >= 4 is 28.8 Å². The molecule has 0 aliphatic heterocycles. The summed E-state index contributed by atoms with van der Waals surface area (Å²) in [7, 11) is 1.82. The van der Waals surface area contributed by atoms with Crippen LogP contribution in [-0.4, -0.2) is 37.6 Å². The lowest BCUT2D eigenvalue weighted by molar-refractivity contribution is -0.142. The van der Waals surface area contributed by atoms with Gasteiger partial charge in [0, 0.05) is 7.05 Å².